The maximum Gasteiger partial charge on any atom is 0.326 e. The van der Waals surface area contributed by atoms with Crippen LogP contribution in [-0.4, -0.2) is 61.7 Å². The van der Waals surface area contributed by atoms with Crippen LogP contribution in [0.2, 0.25) is 0 Å². The van der Waals surface area contributed by atoms with Crippen LogP contribution in [0.15, 0.2) is 23.2 Å². The van der Waals surface area contributed by atoms with E-state index in [1.807, 2.05) is 25.1 Å². The summed E-state index contributed by atoms with van der Waals surface area (Å²) in [6.45, 7) is 4.98. The van der Waals surface area contributed by atoms with Crippen LogP contribution >= 0.6 is 11.3 Å². The van der Waals surface area contributed by atoms with E-state index < -0.39 is 16.0 Å². The van der Waals surface area contributed by atoms with Gasteiger partial charge in [-0.2, -0.15) is 4.99 Å². The number of rotatable bonds is 7. The molecule has 1 aliphatic heterocycles. The van der Waals surface area contributed by atoms with E-state index in [9.17, 15) is 18.0 Å². The Hall–Kier alpha value is -2.24. The van der Waals surface area contributed by atoms with Crippen molar-refractivity contribution in [2.45, 2.75) is 33.2 Å². The van der Waals surface area contributed by atoms with Crippen LogP contribution in [0.25, 0.3) is 10.2 Å². The number of aromatic nitrogens is 1. The molecule has 0 atom stereocenters. The van der Waals surface area contributed by atoms with E-state index in [2.05, 4.69) is 4.99 Å². The van der Waals surface area contributed by atoms with Gasteiger partial charge in [0.15, 0.2) is 4.80 Å². The molecule has 0 spiro atoms. The summed E-state index contributed by atoms with van der Waals surface area (Å²) in [7, 11) is -3.26. The average Bonchev–Trinajstić information content (AvgIpc) is 3.04. The molecule has 0 saturated carbocycles. The summed E-state index contributed by atoms with van der Waals surface area (Å²) in [6.07, 6.45) is 2.02. The number of amides is 1. The van der Waals surface area contributed by atoms with Gasteiger partial charge in [-0.25, -0.2) is 12.7 Å². The van der Waals surface area contributed by atoms with Gasteiger partial charge >= 0.3 is 5.97 Å². The summed E-state index contributed by atoms with van der Waals surface area (Å²) in [5, 5.41) is 0. The topological polar surface area (TPSA) is 107 Å². The molecule has 170 valence electrons. The maximum atomic E-state index is 12.9. The van der Waals surface area contributed by atoms with E-state index in [-0.39, 0.29) is 25.0 Å². The van der Waals surface area contributed by atoms with Crippen molar-refractivity contribution in [1.29, 1.82) is 0 Å². The van der Waals surface area contributed by atoms with Gasteiger partial charge in [0, 0.05) is 19.0 Å². The first-order valence-corrected chi connectivity index (χ1v) is 12.8. The van der Waals surface area contributed by atoms with Gasteiger partial charge in [0.2, 0.25) is 10.0 Å². The van der Waals surface area contributed by atoms with Gasteiger partial charge in [0.05, 0.1) is 29.7 Å². The van der Waals surface area contributed by atoms with Gasteiger partial charge < -0.3 is 14.0 Å². The van der Waals surface area contributed by atoms with Gasteiger partial charge in [-0.3, -0.25) is 9.59 Å². The number of esters is 1. The highest BCUT2D eigenvalue weighted by Crippen LogP contribution is 2.24. The van der Waals surface area contributed by atoms with Crippen molar-refractivity contribution in [1.82, 2.24) is 8.87 Å². The highest BCUT2D eigenvalue weighted by Gasteiger charge is 2.29. The lowest BCUT2D eigenvalue weighted by atomic mass is 9.98. The lowest BCUT2D eigenvalue weighted by Crippen LogP contribution is -2.39. The zero-order chi connectivity index (χ0) is 22.6. The van der Waals surface area contributed by atoms with Crippen molar-refractivity contribution in [3.63, 3.8) is 0 Å². The zero-order valence-corrected chi connectivity index (χ0v) is 19.5. The first-order valence-electron chi connectivity index (χ1n) is 10.2. The number of hydrogen-bond acceptors (Lipinski definition) is 7. The third-order valence-electron chi connectivity index (χ3n) is 5.04. The molecule has 1 fully saturated rings. The third kappa shape index (κ3) is 5.72. The predicted molar refractivity (Wildman–Crippen MR) is 117 cm³/mol. The minimum absolute atomic E-state index is 0.0551. The Kier molecular flexibility index (Phi) is 7.50. The molecule has 1 saturated heterocycles. The summed E-state index contributed by atoms with van der Waals surface area (Å²) in [5.41, 5.74) is 0.764. The molecule has 1 amide bonds. The van der Waals surface area contributed by atoms with Crippen LogP contribution < -0.4 is 9.54 Å². The Labute approximate surface area is 185 Å². The van der Waals surface area contributed by atoms with E-state index in [1.54, 1.807) is 11.5 Å². The molecule has 31 heavy (non-hydrogen) atoms. The third-order valence-corrected chi connectivity index (χ3v) is 7.38. The van der Waals surface area contributed by atoms with Crippen LogP contribution in [0.3, 0.4) is 0 Å². The summed E-state index contributed by atoms with van der Waals surface area (Å²) < 4.78 is 37.9. The molecule has 3 rings (SSSR count). The van der Waals surface area contributed by atoms with Gasteiger partial charge in [-0.1, -0.05) is 11.3 Å². The van der Waals surface area contributed by atoms with E-state index in [0.717, 1.165) is 10.2 Å². The molecule has 0 unspecified atom stereocenters. The Balaban J connectivity index is 1.92. The fourth-order valence-corrected chi connectivity index (χ4v) is 5.44. The van der Waals surface area contributed by atoms with Gasteiger partial charge in [-0.05, 0) is 44.9 Å². The number of carbonyl (C=O) groups is 2. The molecule has 0 bridgehead atoms. The smallest absolute Gasteiger partial charge is 0.326 e. The van der Waals surface area contributed by atoms with Crippen molar-refractivity contribution in [2.75, 3.05) is 32.6 Å². The number of ether oxygens (including phenoxy) is 2. The van der Waals surface area contributed by atoms with Crippen LogP contribution in [0.4, 0.5) is 0 Å². The number of fused-ring (bicyclic) bond motifs is 1. The summed E-state index contributed by atoms with van der Waals surface area (Å²) in [6, 6.07) is 5.51. The highest BCUT2D eigenvalue weighted by molar-refractivity contribution is 7.88. The number of hydrogen-bond donors (Lipinski definition) is 0. The molecule has 2 aromatic rings. The van der Waals surface area contributed by atoms with Crippen LogP contribution in [0.1, 0.15) is 26.7 Å². The second kappa shape index (κ2) is 9.92. The molecule has 1 aromatic carbocycles. The molecule has 2 heterocycles. The zero-order valence-electron chi connectivity index (χ0n) is 17.9. The van der Waals surface area contributed by atoms with Crippen LogP contribution in [0, 0.1) is 5.92 Å². The number of thiazole rings is 1. The Morgan fingerprint density at radius 3 is 2.52 bits per heavy atom. The summed E-state index contributed by atoms with van der Waals surface area (Å²) >= 11 is 1.30. The number of piperidine rings is 1. The van der Waals surface area contributed by atoms with Crippen LogP contribution in [0.5, 0.6) is 5.75 Å². The molecule has 0 N–H and O–H groups in total. The quantitative estimate of drug-likeness (QED) is 0.572. The van der Waals surface area contributed by atoms with Crippen molar-refractivity contribution < 1.29 is 27.5 Å². The molecule has 1 aliphatic rings. The van der Waals surface area contributed by atoms with E-state index in [0.29, 0.717) is 43.1 Å². The maximum absolute atomic E-state index is 12.9. The van der Waals surface area contributed by atoms with Crippen LogP contribution in [-0.2, 0) is 30.9 Å². The predicted octanol–water partition coefficient (Wildman–Crippen LogP) is 1.76. The monoisotopic (exact) mass is 469 g/mol. The van der Waals surface area contributed by atoms with Gasteiger partial charge in [0.1, 0.15) is 12.3 Å². The number of nitrogens with zero attached hydrogens (tertiary/aromatic N) is 3. The number of benzene rings is 1. The first-order chi connectivity index (χ1) is 14.7. The molecular formula is C20H27N3O6S2. The minimum atomic E-state index is -3.26. The second-order valence-electron chi connectivity index (χ2n) is 7.22. The highest BCUT2D eigenvalue weighted by atomic mass is 32.2. The molecule has 9 nitrogen and oxygen atoms in total. The average molecular weight is 470 g/mol. The Morgan fingerprint density at radius 1 is 1.19 bits per heavy atom. The Bertz CT molecular complexity index is 1130. The normalized spacial score (nSPS) is 16.5. The molecule has 11 heteroatoms. The van der Waals surface area contributed by atoms with E-state index in [4.69, 9.17) is 9.47 Å². The SMILES string of the molecule is CCOC(=O)Cn1c(=NC(=O)C2CCN(S(C)(=O)=O)CC2)sc2cc(OCC)ccc21. The lowest BCUT2D eigenvalue weighted by Gasteiger charge is -2.28. The fourth-order valence-electron chi connectivity index (χ4n) is 3.50. The fraction of sp³-hybridized carbons (Fsp3) is 0.550. The lowest BCUT2D eigenvalue weighted by molar-refractivity contribution is -0.143. The first kappa shape index (κ1) is 23.4. The Morgan fingerprint density at radius 2 is 1.90 bits per heavy atom. The summed E-state index contributed by atoms with van der Waals surface area (Å²) in [4.78, 5) is 29.7. The minimum Gasteiger partial charge on any atom is -0.494 e. The second-order valence-corrected chi connectivity index (χ2v) is 10.2. The molecular weight excluding hydrogens is 442 g/mol. The van der Waals surface area contributed by atoms with E-state index >= 15 is 0 Å². The largest absolute Gasteiger partial charge is 0.494 e. The number of sulfonamides is 1. The van der Waals surface area contributed by atoms with Crippen molar-refractivity contribution in [3.8, 4) is 5.75 Å². The van der Waals surface area contributed by atoms with E-state index in [1.165, 1.54) is 21.9 Å². The van der Waals surface area contributed by atoms with Gasteiger partial charge in [-0.15, -0.1) is 0 Å². The molecule has 0 radical (unpaired) electrons. The van der Waals surface area contributed by atoms with Crippen molar-refractivity contribution in [3.05, 3.63) is 23.0 Å². The van der Waals surface area contributed by atoms with Crippen molar-refractivity contribution >= 4 is 43.5 Å². The van der Waals surface area contributed by atoms with Gasteiger partial charge in [0.25, 0.3) is 5.91 Å². The summed E-state index contributed by atoms with van der Waals surface area (Å²) in [5.74, 6) is -0.363. The standard InChI is InChI=1S/C20H27N3O6S2/c1-4-28-15-6-7-16-17(12-15)30-20(23(16)13-18(24)29-5-2)21-19(25)14-8-10-22(11-9-14)31(3,26)27/h6-7,12,14H,4-5,8-11,13H2,1-3H3. The van der Waals surface area contributed by atoms with Crippen molar-refractivity contribution in [2.24, 2.45) is 10.9 Å². The molecule has 1 aromatic heterocycles. The number of carbonyl (C=O) groups excluding carboxylic acids is 2. The molecule has 0 aliphatic carbocycles.